The third kappa shape index (κ3) is 5.71. The maximum Gasteiger partial charge on any atom is 0.314 e. The van der Waals surface area contributed by atoms with Gasteiger partial charge in [0, 0.05) is 16.7 Å². The predicted molar refractivity (Wildman–Crippen MR) is 223 cm³/mol. The van der Waals surface area contributed by atoms with Gasteiger partial charge in [0.2, 0.25) is 0 Å². The van der Waals surface area contributed by atoms with Gasteiger partial charge in [0.05, 0.1) is 0 Å². The molecule has 3 N–H and O–H groups in total. The Kier molecular flexibility index (Phi) is 8.22. The van der Waals surface area contributed by atoms with Crippen molar-refractivity contribution in [2.75, 3.05) is 0 Å². The van der Waals surface area contributed by atoms with Crippen LogP contribution in [0.5, 0.6) is 5.75 Å². The van der Waals surface area contributed by atoms with Crippen molar-refractivity contribution in [3.05, 3.63) is 176 Å². The first-order valence-corrected chi connectivity index (χ1v) is 18.8. The summed E-state index contributed by atoms with van der Waals surface area (Å²) >= 11 is 0. The highest BCUT2D eigenvalue weighted by atomic mass is 31.1. The van der Waals surface area contributed by atoms with Gasteiger partial charge in [0.15, 0.2) is 0 Å². The Bertz CT molecular complexity index is 2960. The van der Waals surface area contributed by atoms with Crippen molar-refractivity contribution in [2.24, 2.45) is 0 Å². The third-order valence-corrected chi connectivity index (χ3v) is 10.3. The van der Waals surface area contributed by atoms with Gasteiger partial charge < -0.3 is 14.9 Å². The van der Waals surface area contributed by atoms with Crippen LogP contribution in [0.4, 0.5) is 0 Å². The largest absolute Gasteiger partial charge is 0.507 e. The van der Waals surface area contributed by atoms with Crippen LogP contribution < -0.4 is 0 Å². The molecule has 0 aromatic heterocycles. The Morgan fingerprint density at radius 3 is 1.09 bits per heavy atom. The van der Waals surface area contributed by atoms with Gasteiger partial charge in [-0.3, -0.25) is 4.57 Å². The second kappa shape index (κ2) is 13.4. The number of aromatic hydroxyl groups is 1. The molecule has 4 nitrogen and oxygen atoms in total. The number of benzene rings is 10. The SMILES string of the molecule is O=[PH](O)O.Oc1c(-c2c3ccccc3cc3ccccc23)cc2ccccc2c1-c1cc(-c2c3ccccc3cc3ccccc23)cc2ccccc12. The van der Waals surface area contributed by atoms with Crippen molar-refractivity contribution in [3.8, 4) is 39.1 Å². The summed E-state index contributed by atoms with van der Waals surface area (Å²) in [6.45, 7) is 0. The topological polar surface area (TPSA) is 77.8 Å². The lowest BCUT2D eigenvalue weighted by molar-refractivity contribution is 0.405. The number of phenols is 1. The van der Waals surface area contributed by atoms with Crippen molar-refractivity contribution >= 4 is 72.9 Å². The minimum atomic E-state index is -3.13. The molecular weight excluding hydrogens is 671 g/mol. The van der Waals surface area contributed by atoms with Crippen LogP contribution in [-0.2, 0) is 4.57 Å². The summed E-state index contributed by atoms with van der Waals surface area (Å²) in [5.74, 6) is 0.297. The lowest BCUT2D eigenvalue weighted by Gasteiger charge is -2.20. The summed E-state index contributed by atoms with van der Waals surface area (Å²) < 4.78 is 8.74. The maximum atomic E-state index is 12.8. The molecule has 10 aromatic rings. The summed E-state index contributed by atoms with van der Waals surface area (Å²) in [4.78, 5) is 14.3. The van der Waals surface area contributed by atoms with Crippen molar-refractivity contribution < 1.29 is 19.5 Å². The normalized spacial score (nSPS) is 11.5. The van der Waals surface area contributed by atoms with E-state index >= 15 is 0 Å². The maximum absolute atomic E-state index is 12.8. The molecule has 0 spiro atoms. The molecule has 0 saturated carbocycles. The van der Waals surface area contributed by atoms with Crippen LogP contribution >= 0.6 is 8.25 Å². The molecule has 10 rings (SSSR count). The van der Waals surface area contributed by atoms with Gasteiger partial charge >= 0.3 is 8.25 Å². The van der Waals surface area contributed by atoms with Crippen LogP contribution in [0.3, 0.4) is 0 Å². The lowest BCUT2D eigenvalue weighted by atomic mass is 9.84. The summed E-state index contributed by atoms with van der Waals surface area (Å²) in [6.07, 6.45) is 0. The van der Waals surface area contributed by atoms with E-state index in [9.17, 15) is 5.11 Å². The molecule has 0 bridgehead atoms. The van der Waals surface area contributed by atoms with Gasteiger partial charge in [-0.15, -0.1) is 0 Å². The molecule has 53 heavy (non-hydrogen) atoms. The summed E-state index contributed by atoms with van der Waals surface area (Å²) in [7, 11) is -3.13. The van der Waals surface area contributed by atoms with Gasteiger partial charge in [-0.1, -0.05) is 146 Å². The molecule has 5 heteroatoms. The fourth-order valence-corrected chi connectivity index (χ4v) is 8.09. The fourth-order valence-electron chi connectivity index (χ4n) is 8.09. The molecule has 10 aromatic carbocycles. The molecule has 254 valence electrons. The quantitative estimate of drug-likeness (QED) is 0.126. The minimum absolute atomic E-state index is 0.297. The first-order valence-electron chi connectivity index (χ1n) is 17.5. The van der Waals surface area contributed by atoms with E-state index in [0.717, 1.165) is 70.9 Å². The molecule has 0 amide bonds. The Morgan fingerprint density at radius 1 is 0.340 bits per heavy atom. The Hall–Kier alpha value is -6.29. The van der Waals surface area contributed by atoms with Crippen LogP contribution in [0.2, 0.25) is 0 Å². The number of rotatable bonds is 3. The first-order chi connectivity index (χ1) is 26.0. The summed E-state index contributed by atoms with van der Waals surface area (Å²) in [6, 6.07) is 62.7. The Balaban J connectivity index is 0.000000888. The van der Waals surface area contributed by atoms with Crippen LogP contribution in [0.25, 0.3) is 98.0 Å². The van der Waals surface area contributed by atoms with Crippen LogP contribution in [0.15, 0.2) is 176 Å². The third-order valence-electron chi connectivity index (χ3n) is 10.3. The lowest BCUT2D eigenvalue weighted by Crippen LogP contribution is -1.93. The fraction of sp³-hybridized carbons (Fsp3) is 0. The second-order valence-electron chi connectivity index (χ2n) is 13.3. The van der Waals surface area contributed by atoms with Crippen molar-refractivity contribution in [2.45, 2.75) is 0 Å². The Morgan fingerprint density at radius 2 is 0.660 bits per heavy atom. The molecular formula is C48H33O4P. The minimum Gasteiger partial charge on any atom is -0.507 e. The van der Waals surface area contributed by atoms with Crippen LogP contribution in [-0.4, -0.2) is 14.9 Å². The molecule has 0 aliphatic heterocycles. The summed E-state index contributed by atoms with van der Waals surface area (Å²) in [5.41, 5.74) is 6.11. The van der Waals surface area contributed by atoms with E-state index in [-0.39, 0.29) is 0 Å². The summed E-state index contributed by atoms with van der Waals surface area (Å²) in [5, 5.41) is 26.5. The highest BCUT2D eigenvalue weighted by Gasteiger charge is 2.22. The zero-order valence-electron chi connectivity index (χ0n) is 28.5. The van der Waals surface area contributed by atoms with E-state index in [1.807, 2.05) is 0 Å². The van der Waals surface area contributed by atoms with E-state index in [1.54, 1.807) is 0 Å². The van der Waals surface area contributed by atoms with E-state index < -0.39 is 8.25 Å². The highest BCUT2D eigenvalue weighted by Crippen LogP contribution is 2.50. The smallest absolute Gasteiger partial charge is 0.314 e. The highest BCUT2D eigenvalue weighted by molar-refractivity contribution is 7.30. The molecule has 0 aliphatic carbocycles. The van der Waals surface area contributed by atoms with Gasteiger partial charge in [-0.05, 0) is 112 Å². The zero-order chi connectivity index (χ0) is 36.1. The van der Waals surface area contributed by atoms with Gasteiger partial charge in [0.25, 0.3) is 0 Å². The van der Waals surface area contributed by atoms with Gasteiger partial charge in [-0.25, -0.2) is 0 Å². The molecule has 0 fully saturated rings. The molecule has 0 aliphatic rings. The zero-order valence-corrected chi connectivity index (χ0v) is 29.5. The second-order valence-corrected chi connectivity index (χ2v) is 13.8. The van der Waals surface area contributed by atoms with E-state index in [1.165, 1.54) is 27.1 Å². The van der Waals surface area contributed by atoms with Crippen molar-refractivity contribution in [1.29, 1.82) is 0 Å². The number of fused-ring (bicyclic) bond motifs is 6. The van der Waals surface area contributed by atoms with E-state index in [2.05, 4.69) is 176 Å². The molecule has 0 saturated heterocycles. The average Bonchev–Trinajstić information content (AvgIpc) is 3.18. The Labute approximate surface area is 306 Å². The van der Waals surface area contributed by atoms with Gasteiger partial charge in [0.1, 0.15) is 5.75 Å². The molecule has 0 atom stereocenters. The number of phenolic OH excluding ortho intramolecular Hbond substituents is 1. The standard InChI is InChI=1S/C48H30O.H3O3P/c49-48-44(46-40-22-10-4-16-33(40)26-34-17-5-11-23-41(34)46)28-35-18-6-12-24-42(35)47(48)43-29-36(27-30-13-1-7-19-37(30)43)45-38-20-8-2-14-31(38)25-32-15-3-9-21-39(32)45;1-4(2)3/h1-29,49H;4H,(H2,1,2,3). The van der Waals surface area contributed by atoms with Crippen molar-refractivity contribution in [1.82, 2.24) is 0 Å². The number of hydrogen-bond acceptors (Lipinski definition) is 2. The monoisotopic (exact) mass is 704 g/mol. The van der Waals surface area contributed by atoms with Gasteiger partial charge in [-0.2, -0.15) is 0 Å². The van der Waals surface area contributed by atoms with Crippen molar-refractivity contribution in [3.63, 3.8) is 0 Å². The first kappa shape index (κ1) is 32.6. The predicted octanol–water partition coefficient (Wildman–Crippen LogP) is 12.7. The van der Waals surface area contributed by atoms with E-state index in [0.29, 0.717) is 5.75 Å². The van der Waals surface area contributed by atoms with E-state index in [4.69, 9.17) is 14.4 Å². The molecule has 0 heterocycles. The number of hydrogen-bond donors (Lipinski definition) is 3. The molecule has 0 unspecified atom stereocenters. The van der Waals surface area contributed by atoms with Crippen LogP contribution in [0.1, 0.15) is 0 Å². The average molecular weight is 705 g/mol. The van der Waals surface area contributed by atoms with Crippen LogP contribution in [0, 0.1) is 0 Å². The molecule has 0 radical (unpaired) electrons.